The van der Waals surface area contributed by atoms with Crippen molar-refractivity contribution in [3.05, 3.63) is 0 Å². The zero-order valence-corrected chi connectivity index (χ0v) is 8.12. The first-order valence-electron chi connectivity index (χ1n) is 4.93. The average molecular weight is 186 g/mol. The highest BCUT2D eigenvalue weighted by Gasteiger charge is 2.25. The minimum absolute atomic E-state index is 0.271. The summed E-state index contributed by atoms with van der Waals surface area (Å²) < 4.78 is 0. The van der Waals surface area contributed by atoms with E-state index in [1.807, 2.05) is 6.92 Å². The van der Waals surface area contributed by atoms with Crippen molar-refractivity contribution in [1.29, 1.82) is 0 Å². The number of rotatable bonds is 4. The lowest BCUT2D eigenvalue weighted by atomic mass is 10.1. The highest BCUT2D eigenvalue weighted by Crippen LogP contribution is 2.08. The van der Waals surface area contributed by atoms with Crippen LogP contribution in [0.25, 0.3) is 0 Å². The highest BCUT2D eigenvalue weighted by atomic mass is 16.4. The van der Waals surface area contributed by atoms with Gasteiger partial charge in [-0.25, -0.2) is 0 Å². The third kappa shape index (κ3) is 2.97. The van der Waals surface area contributed by atoms with Gasteiger partial charge in [-0.3, -0.25) is 9.69 Å². The van der Waals surface area contributed by atoms with Gasteiger partial charge in [-0.1, -0.05) is 13.3 Å². The lowest BCUT2D eigenvalue weighted by Gasteiger charge is -2.32. The summed E-state index contributed by atoms with van der Waals surface area (Å²) in [6.07, 6.45) is 1.69. The van der Waals surface area contributed by atoms with Crippen molar-refractivity contribution in [2.24, 2.45) is 0 Å². The van der Waals surface area contributed by atoms with Crippen molar-refractivity contribution < 1.29 is 9.90 Å². The summed E-state index contributed by atoms with van der Waals surface area (Å²) in [5, 5.41) is 12.2. The predicted octanol–water partition coefficient (Wildman–Crippen LogP) is 0.145. The van der Waals surface area contributed by atoms with Crippen LogP contribution in [-0.4, -0.2) is 48.2 Å². The van der Waals surface area contributed by atoms with Crippen LogP contribution in [0.5, 0.6) is 0 Å². The Labute approximate surface area is 78.9 Å². The zero-order chi connectivity index (χ0) is 9.68. The van der Waals surface area contributed by atoms with Crippen molar-refractivity contribution in [3.8, 4) is 0 Å². The second kappa shape index (κ2) is 5.19. The molecule has 13 heavy (non-hydrogen) atoms. The van der Waals surface area contributed by atoms with Crippen LogP contribution < -0.4 is 5.32 Å². The molecule has 0 aromatic rings. The van der Waals surface area contributed by atoms with E-state index in [0.717, 1.165) is 39.0 Å². The second-order valence-corrected chi connectivity index (χ2v) is 3.43. The van der Waals surface area contributed by atoms with E-state index < -0.39 is 5.97 Å². The summed E-state index contributed by atoms with van der Waals surface area (Å²) in [7, 11) is 0. The second-order valence-electron chi connectivity index (χ2n) is 3.43. The molecule has 1 unspecified atom stereocenters. The normalized spacial score (nSPS) is 21.3. The lowest BCUT2D eigenvalue weighted by molar-refractivity contribution is -0.143. The first-order chi connectivity index (χ1) is 6.25. The van der Waals surface area contributed by atoms with Crippen LogP contribution in [0.15, 0.2) is 0 Å². The van der Waals surface area contributed by atoms with Crippen LogP contribution in [0.4, 0.5) is 0 Å². The number of nitrogens with one attached hydrogen (secondary N) is 1. The molecule has 0 spiro atoms. The highest BCUT2D eigenvalue weighted by molar-refractivity contribution is 5.73. The minimum Gasteiger partial charge on any atom is -0.480 e. The monoisotopic (exact) mass is 186 g/mol. The predicted molar refractivity (Wildman–Crippen MR) is 50.8 cm³/mol. The zero-order valence-electron chi connectivity index (χ0n) is 8.12. The average Bonchev–Trinajstić information content (AvgIpc) is 2.15. The molecule has 1 aliphatic heterocycles. The third-order valence-electron chi connectivity index (χ3n) is 2.44. The molecule has 1 aliphatic rings. The van der Waals surface area contributed by atoms with E-state index in [9.17, 15) is 4.79 Å². The molecular weight excluding hydrogens is 168 g/mol. The van der Waals surface area contributed by atoms with Crippen molar-refractivity contribution in [3.63, 3.8) is 0 Å². The molecule has 0 bridgehead atoms. The fourth-order valence-corrected chi connectivity index (χ4v) is 1.73. The molecule has 0 aliphatic carbocycles. The number of aliphatic carboxylic acids is 1. The Kier molecular flexibility index (Phi) is 4.18. The van der Waals surface area contributed by atoms with Gasteiger partial charge in [0, 0.05) is 26.2 Å². The van der Waals surface area contributed by atoms with Crippen molar-refractivity contribution in [2.75, 3.05) is 26.2 Å². The van der Waals surface area contributed by atoms with E-state index in [0.29, 0.717) is 0 Å². The smallest absolute Gasteiger partial charge is 0.320 e. The number of carbonyl (C=O) groups is 1. The first-order valence-corrected chi connectivity index (χ1v) is 4.93. The van der Waals surface area contributed by atoms with Gasteiger partial charge in [0.25, 0.3) is 0 Å². The number of nitrogens with zero attached hydrogens (tertiary/aromatic N) is 1. The molecule has 1 heterocycles. The van der Waals surface area contributed by atoms with Gasteiger partial charge in [-0.2, -0.15) is 0 Å². The number of carboxylic acids is 1. The van der Waals surface area contributed by atoms with Gasteiger partial charge in [-0.15, -0.1) is 0 Å². The summed E-state index contributed by atoms with van der Waals surface area (Å²) in [5.41, 5.74) is 0. The van der Waals surface area contributed by atoms with E-state index in [1.54, 1.807) is 0 Å². The van der Waals surface area contributed by atoms with E-state index in [4.69, 9.17) is 5.11 Å². The van der Waals surface area contributed by atoms with Gasteiger partial charge in [-0.05, 0) is 6.42 Å². The van der Waals surface area contributed by atoms with Crippen LogP contribution in [-0.2, 0) is 4.79 Å². The van der Waals surface area contributed by atoms with E-state index in [-0.39, 0.29) is 6.04 Å². The molecule has 0 amide bonds. The van der Waals surface area contributed by atoms with Crippen LogP contribution in [0.1, 0.15) is 19.8 Å². The molecule has 1 atom stereocenters. The SMILES string of the molecule is CCCC(C(=O)O)N1CCNCC1. The van der Waals surface area contributed by atoms with E-state index in [1.165, 1.54) is 0 Å². The Morgan fingerprint density at radius 3 is 2.62 bits per heavy atom. The molecule has 2 N–H and O–H groups in total. The summed E-state index contributed by atoms with van der Waals surface area (Å²) >= 11 is 0. The molecule has 0 radical (unpaired) electrons. The number of carboxylic acid groups (broad SMARTS) is 1. The molecule has 0 aromatic carbocycles. The maximum Gasteiger partial charge on any atom is 0.320 e. The molecule has 1 fully saturated rings. The molecule has 76 valence electrons. The molecule has 1 saturated heterocycles. The van der Waals surface area contributed by atoms with E-state index in [2.05, 4.69) is 10.2 Å². The van der Waals surface area contributed by atoms with Gasteiger partial charge in [0.1, 0.15) is 6.04 Å². The summed E-state index contributed by atoms with van der Waals surface area (Å²) in [6.45, 7) is 5.56. The lowest BCUT2D eigenvalue weighted by Crippen LogP contribution is -2.51. The van der Waals surface area contributed by atoms with E-state index >= 15 is 0 Å². The number of hydrogen-bond acceptors (Lipinski definition) is 3. The topological polar surface area (TPSA) is 52.6 Å². The number of piperazine rings is 1. The van der Waals surface area contributed by atoms with Crippen molar-refractivity contribution in [1.82, 2.24) is 10.2 Å². The molecule has 0 aromatic heterocycles. The fourth-order valence-electron chi connectivity index (χ4n) is 1.73. The maximum absolute atomic E-state index is 10.9. The largest absolute Gasteiger partial charge is 0.480 e. The van der Waals surface area contributed by atoms with Gasteiger partial charge in [0.15, 0.2) is 0 Å². The maximum atomic E-state index is 10.9. The van der Waals surface area contributed by atoms with Gasteiger partial charge in [0.2, 0.25) is 0 Å². The van der Waals surface area contributed by atoms with Crippen LogP contribution in [0, 0.1) is 0 Å². The van der Waals surface area contributed by atoms with Gasteiger partial charge in [0.05, 0.1) is 0 Å². The summed E-state index contributed by atoms with van der Waals surface area (Å²) in [5.74, 6) is -0.677. The van der Waals surface area contributed by atoms with Gasteiger partial charge >= 0.3 is 5.97 Å². The Morgan fingerprint density at radius 1 is 1.54 bits per heavy atom. The Hall–Kier alpha value is -0.610. The van der Waals surface area contributed by atoms with Gasteiger partial charge < -0.3 is 10.4 Å². The van der Waals surface area contributed by atoms with Crippen LogP contribution >= 0.6 is 0 Å². The van der Waals surface area contributed by atoms with Crippen LogP contribution in [0.2, 0.25) is 0 Å². The van der Waals surface area contributed by atoms with Crippen molar-refractivity contribution >= 4 is 5.97 Å². The molecule has 0 saturated carbocycles. The summed E-state index contributed by atoms with van der Waals surface area (Å²) in [6, 6.07) is -0.271. The standard InChI is InChI=1S/C9H18N2O2/c1-2-3-8(9(12)13)11-6-4-10-5-7-11/h8,10H,2-7H2,1H3,(H,12,13). The van der Waals surface area contributed by atoms with Crippen molar-refractivity contribution in [2.45, 2.75) is 25.8 Å². The fraction of sp³-hybridized carbons (Fsp3) is 0.889. The number of hydrogen-bond donors (Lipinski definition) is 2. The Bertz CT molecular complexity index is 167. The first kappa shape index (κ1) is 10.5. The molecule has 1 rings (SSSR count). The quantitative estimate of drug-likeness (QED) is 0.656. The van der Waals surface area contributed by atoms with Crippen LogP contribution in [0.3, 0.4) is 0 Å². The Balaban J connectivity index is 2.46. The molecule has 4 nitrogen and oxygen atoms in total. The molecule has 4 heteroatoms. The molecular formula is C9H18N2O2. The minimum atomic E-state index is -0.677. The third-order valence-corrected chi connectivity index (χ3v) is 2.44. The Morgan fingerprint density at radius 2 is 2.15 bits per heavy atom. The summed E-state index contributed by atoms with van der Waals surface area (Å²) in [4.78, 5) is 13.0.